The highest BCUT2D eigenvalue weighted by atomic mass is 16.8. The summed E-state index contributed by atoms with van der Waals surface area (Å²) in [5.74, 6) is 0.523. The lowest BCUT2D eigenvalue weighted by atomic mass is 10.1. The third-order valence-electron chi connectivity index (χ3n) is 8.11. The summed E-state index contributed by atoms with van der Waals surface area (Å²) in [6.07, 6.45) is 7.29. The van der Waals surface area contributed by atoms with Gasteiger partial charge in [-0.2, -0.15) is 0 Å². The zero-order valence-corrected chi connectivity index (χ0v) is 30.3. The average molecular weight is 739 g/mol. The Bertz CT molecular complexity index is 1620. The van der Waals surface area contributed by atoms with E-state index in [1.54, 1.807) is 12.4 Å². The van der Waals surface area contributed by atoms with Crippen molar-refractivity contribution in [2.75, 3.05) is 39.6 Å². The van der Waals surface area contributed by atoms with E-state index in [0.717, 1.165) is 58.6 Å². The second kappa shape index (κ2) is 22.0. The molecule has 12 heteroatoms. The van der Waals surface area contributed by atoms with Crippen LogP contribution in [0.15, 0.2) is 111 Å². The molecule has 2 aromatic carbocycles. The van der Waals surface area contributed by atoms with Crippen molar-refractivity contribution in [3.05, 3.63) is 122 Å². The Morgan fingerprint density at radius 3 is 1.37 bits per heavy atom. The molecule has 4 aromatic rings. The molecular weight excluding hydrogens is 692 g/mol. The molecule has 2 unspecified atom stereocenters. The van der Waals surface area contributed by atoms with Crippen LogP contribution in [0.4, 0.5) is 0 Å². The summed E-state index contributed by atoms with van der Waals surface area (Å²) < 4.78 is 45.3. The van der Waals surface area contributed by atoms with Gasteiger partial charge < -0.3 is 37.9 Å². The van der Waals surface area contributed by atoms with E-state index in [0.29, 0.717) is 77.2 Å². The van der Waals surface area contributed by atoms with Crippen molar-refractivity contribution >= 4 is 11.9 Å². The molecule has 2 atom stereocenters. The Hall–Kier alpha value is -5.40. The Balaban J connectivity index is 1.01. The second-order valence-corrected chi connectivity index (χ2v) is 12.1. The number of carbonyl (C=O) groups excluding carboxylic acids is 2. The Labute approximate surface area is 315 Å². The maximum atomic E-state index is 11.1. The molecule has 0 aliphatic carbocycles. The summed E-state index contributed by atoms with van der Waals surface area (Å²) in [4.78, 5) is 31.2. The molecule has 1 aliphatic rings. The molecule has 0 spiro atoms. The Morgan fingerprint density at radius 1 is 0.593 bits per heavy atom. The molecule has 1 aliphatic heterocycles. The summed E-state index contributed by atoms with van der Waals surface area (Å²) in [7, 11) is 0. The minimum absolute atomic E-state index is 0.319. The quantitative estimate of drug-likeness (QED) is 0.0466. The number of benzene rings is 2. The number of unbranched alkanes of at least 4 members (excludes halogenated alkanes) is 2. The minimum Gasteiger partial charge on any atom is -0.492 e. The van der Waals surface area contributed by atoms with Gasteiger partial charge in [-0.3, -0.25) is 9.97 Å². The predicted octanol–water partition coefficient (Wildman–Crippen LogP) is 7.02. The second-order valence-electron chi connectivity index (χ2n) is 12.1. The molecule has 1 fully saturated rings. The first-order valence-electron chi connectivity index (χ1n) is 17.9. The number of rotatable bonds is 22. The van der Waals surface area contributed by atoms with Crippen LogP contribution >= 0.6 is 0 Å². The third kappa shape index (κ3) is 13.2. The fourth-order valence-electron chi connectivity index (χ4n) is 5.16. The summed E-state index contributed by atoms with van der Waals surface area (Å²) in [6.45, 7) is 9.92. The summed E-state index contributed by atoms with van der Waals surface area (Å²) in [6, 6.07) is 23.6. The number of pyridine rings is 2. The molecule has 12 nitrogen and oxygen atoms in total. The summed E-state index contributed by atoms with van der Waals surface area (Å²) >= 11 is 0. The number of hydrogen-bond acceptors (Lipinski definition) is 12. The number of hydrogen-bond donors (Lipinski definition) is 0. The topological polar surface area (TPSA) is 134 Å². The highest BCUT2D eigenvalue weighted by Crippen LogP contribution is 2.24. The normalized spacial score (nSPS) is 15.2. The fraction of sp³-hybridized carbons (Fsp3) is 0.333. The summed E-state index contributed by atoms with van der Waals surface area (Å²) in [5, 5.41) is 0. The van der Waals surface area contributed by atoms with Crippen LogP contribution in [0.2, 0.25) is 0 Å². The lowest BCUT2D eigenvalue weighted by molar-refractivity contribution is -0.326. The van der Waals surface area contributed by atoms with Crippen molar-refractivity contribution in [1.82, 2.24) is 9.97 Å². The highest BCUT2D eigenvalue weighted by molar-refractivity contribution is 5.81. The van der Waals surface area contributed by atoms with Crippen LogP contribution in [-0.2, 0) is 51.2 Å². The summed E-state index contributed by atoms with van der Waals surface area (Å²) in [5.41, 5.74) is 5.52. The van der Waals surface area contributed by atoms with Crippen LogP contribution < -0.4 is 9.47 Å². The van der Waals surface area contributed by atoms with Gasteiger partial charge in [0.2, 0.25) is 12.6 Å². The molecule has 3 heterocycles. The Kier molecular flexibility index (Phi) is 16.2. The van der Waals surface area contributed by atoms with E-state index in [9.17, 15) is 9.59 Å². The van der Waals surface area contributed by atoms with Gasteiger partial charge in [-0.05, 0) is 61.1 Å². The molecule has 5 rings (SSSR count). The first-order chi connectivity index (χ1) is 26.5. The molecule has 0 saturated carbocycles. The van der Waals surface area contributed by atoms with E-state index < -0.39 is 24.5 Å². The third-order valence-corrected chi connectivity index (χ3v) is 8.11. The van der Waals surface area contributed by atoms with E-state index in [2.05, 4.69) is 23.1 Å². The van der Waals surface area contributed by atoms with Crippen molar-refractivity contribution < 1.29 is 47.5 Å². The van der Waals surface area contributed by atoms with E-state index in [4.69, 9.17) is 37.9 Å². The monoisotopic (exact) mass is 738 g/mol. The highest BCUT2D eigenvalue weighted by Gasteiger charge is 2.28. The van der Waals surface area contributed by atoms with Gasteiger partial charge >= 0.3 is 11.9 Å². The lowest BCUT2D eigenvalue weighted by Gasteiger charge is -2.31. The van der Waals surface area contributed by atoms with Gasteiger partial charge in [0.1, 0.15) is 11.5 Å². The van der Waals surface area contributed by atoms with Crippen LogP contribution in [-0.4, -0.2) is 74.1 Å². The standard InChI is InChI=1S/C42H46N2O10/c1-3-39(45)49-23-7-5-21-47-35-17-19-37(43-27-35)33-13-9-31(10-14-33)29-53-41-42(52-26-25-51-41)54-30-32-11-15-34(16-12-32)38-20-18-36(28-44-38)48-22-6-8-24-50-40(46)4-2/h3-4,9-20,27-28,41-42H,1-2,5-8,21-26,29-30H2. The SMILES string of the molecule is C=CC(=O)OCCCCOc1ccc(-c2ccc(COC3OCCOC3OCc3ccc(-c4ccc(OCCCCOC(=O)C=C)cn4)cc3)cc2)nc1. The van der Waals surface area contributed by atoms with E-state index >= 15 is 0 Å². The van der Waals surface area contributed by atoms with Crippen molar-refractivity contribution in [2.45, 2.75) is 51.5 Å². The molecule has 0 N–H and O–H groups in total. The first kappa shape index (κ1) is 39.8. The number of nitrogens with zero attached hydrogens (tertiary/aromatic N) is 2. The van der Waals surface area contributed by atoms with Gasteiger partial charge in [0.05, 0.1) is 76.6 Å². The van der Waals surface area contributed by atoms with E-state index in [1.165, 1.54) is 0 Å². The van der Waals surface area contributed by atoms with Gasteiger partial charge in [-0.1, -0.05) is 61.7 Å². The van der Waals surface area contributed by atoms with Crippen molar-refractivity contribution in [1.29, 1.82) is 0 Å². The van der Waals surface area contributed by atoms with Crippen LogP contribution in [0.25, 0.3) is 22.5 Å². The van der Waals surface area contributed by atoms with Gasteiger partial charge in [0.25, 0.3) is 0 Å². The van der Waals surface area contributed by atoms with Crippen molar-refractivity contribution in [3.8, 4) is 34.0 Å². The Morgan fingerprint density at radius 2 is 1.00 bits per heavy atom. The molecule has 0 bridgehead atoms. The van der Waals surface area contributed by atoms with Crippen molar-refractivity contribution in [3.63, 3.8) is 0 Å². The average Bonchev–Trinajstić information content (AvgIpc) is 3.22. The smallest absolute Gasteiger partial charge is 0.330 e. The number of esters is 2. The van der Waals surface area contributed by atoms with Crippen molar-refractivity contribution in [2.24, 2.45) is 0 Å². The number of ether oxygens (including phenoxy) is 8. The van der Waals surface area contributed by atoms with Gasteiger partial charge in [-0.15, -0.1) is 0 Å². The van der Waals surface area contributed by atoms with Gasteiger partial charge in [-0.25, -0.2) is 9.59 Å². The fourth-order valence-corrected chi connectivity index (χ4v) is 5.16. The molecule has 54 heavy (non-hydrogen) atoms. The molecular formula is C42H46N2O10. The predicted molar refractivity (Wildman–Crippen MR) is 200 cm³/mol. The minimum atomic E-state index is -0.672. The number of aromatic nitrogens is 2. The number of carbonyl (C=O) groups is 2. The molecule has 284 valence electrons. The van der Waals surface area contributed by atoms with Gasteiger partial charge in [0.15, 0.2) is 0 Å². The largest absolute Gasteiger partial charge is 0.492 e. The van der Waals surface area contributed by atoms with Crippen LogP contribution in [0.1, 0.15) is 36.8 Å². The molecule has 1 saturated heterocycles. The maximum Gasteiger partial charge on any atom is 0.330 e. The van der Waals surface area contributed by atoms with Crippen LogP contribution in [0, 0.1) is 0 Å². The van der Waals surface area contributed by atoms with Gasteiger partial charge in [0, 0.05) is 23.3 Å². The first-order valence-corrected chi connectivity index (χ1v) is 17.9. The zero-order chi connectivity index (χ0) is 37.8. The van der Waals surface area contributed by atoms with E-state index in [1.807, 2.05) is 72.8 Å². The molecule has 0 amide bonds. The zero-order valence-electron chi connectivity index (χ0n) is 30.3. The molecule has 2 aromatic heterocycles. The maximum absolute atomic E-state index is 11.1. The van der Waals surface area contributed by atoms with E-state index in [-0.39, 0.29) is 0 Å². The van der Waals surface area contributed by atoms with Crippen LogP contribution in [0.5, 0.6) is 11.5 Å². The lowest BCUT2D eigenvalue weighted by Crippen LogP contribution is -2.41. The molecule has 0 radical (unpaired) electrons. The van der Waals surface area contributed by atoms with Crippen LogP contribution in [0.3, 0.4) is 0 Å².